The lowest BCUT2D eigenvalue weighted by Crippen LogP contribution is -2.56. The number of carbonyl (C=O) groups is 2. The minimum atomic E-state index is -4.40. The Hall–Kier alpha value is -1.31. The largest absolute Gasteiger partial charge is 0.465 e. The van der Waals surface area contributed by atoms with Crippen molar-refractivity contribution in [1.82, 2.24) is 9.80 Å². The van der Waals surface area contributed by atoms with Crippen LogP contribution in [0.5, 0.6) is 0 Å². The first-order valence-corrected chi connectivity index (χ1v) is 5.99. The molecule has 0 N–H and O–H groups in total. The fourth-order valence-corrected chi connectivity index (χ4v) is 1.85. The van der Waals surface area contributed by atoms with Gasteiger partial charge in [0.05, 0.1) is 13.2 Å². The predicted octanol–water partition coefficient (Wildman–Crippen LogP) is 0.645. The lowest BCUT2D eigenvalue weighted by molar-refractivity contribution is -0.168. The Bertz CT molecular complexity index is 347. The van der Waals surface area contributed by atoms with Gasteiger partial charge >= 0.3 is 12.1 Å². The summed E-state index contributed by atoms with van der Waals surface area (Å²) in [6, 6.07) is -0.628. The minimum Gasteiger partial charge on any atom is -0.465 e. The summed E-state index contributed by atoms with van der Waals surface area (Å²) in [5.41, 5.74) is 0. The third-order valence-electron chi connectivity index (χ3n) is 2.89. The van der Waals surface area contributed by atoms with E-state index in [0.717, 1.165) is 4.90 Å². The van der Waals surface area contributed by atoms with Crippen molar-refractivity contribution in [3.63, 3.8) is 0 Å². The molecule has 0 radical (unpaired) electrons. The maximum atomic E-state index is 12.2. The van der Waals surface area contributed by atoms with Crippen molar-refractivity contribution in [3.05, 3.63) is 0 Å². The van der Waals surface area contributed by atoms with Crippen molar-refractivity contribution >= 4 is 11.9 Å². The number of carbonyl (C=O) groups excluding carboxylic acids is 2. The van der Waals surface area contributed by atoms with Crippen LogP contribution in [0.3, 0.4) is 0 Å². The lowest BCUT2D eigenvalue weighted by atomic mass is 10.2. The van der Waals surface area contributed by atoms with Crippen molar-refractivity contribution in [1.29, 1.82) is 0 Å². The van der Waals surface area contributed by atoms with Crippen LogP contribution in [-0.4, -0.2) is 66.7 Å². The van der Waals surface area contributed by atoms with E-state index in [9.17, 15) is 22.8 Å². The standard InChI is InChI=1S/C11H17F3N2O3/c1-3-19-10(18)8(2)15-4-5-16(9(17)6-15)7-11(12,13)14/h8H,3-7H2,1-2H3/t8-/m0/s1. The molecule has 1 heterocycles. The molecule has 1 atom stereocenters. The molecule has 0 aliphatic carbocycles. The van der Waals surface area contributed by atoms with Crippen LogP contribution in [-0.2, 0) is 14.3 Å². The summed E-state index contributed by atoms with van der Waals surface area (Å²) in [6.45, 7) is 2.21. The second-order valence-corrected chi connectivity index (χ2v) is 4.33. The Morgan fingerprint density at radius 2 is 2.05 bits per heavy atom. The van der Waals surface area contributed by atoms with Crippen molar-refractivity contribution in [2.75, 3.05) is 32.8 Å². The summed E-state index contributed by atoms with van der Waals surface area (Å²) in [5, 5.41) is 0. The summed E-state index contributed by atoms with van der Waals surface area (Å²) < 4.78 is 41.5. The van der Waals surface area contributed by atoms with Gasteiger partial charge in [0.1, 0.15) is 12.6 Å². The summed E-state index contributed by atoms with van der Waals surface area (Å²) in [4.78, 5) is 25.4. The normalized spacial score (nSPS) is 19.4. The van der Waals surface area contributed by atoms with E-state index < -0.39 is 30.6 Å². The van der Waals surface area contributed by atoms with Gasteiger partial charge < -0.3 is 9.64 Å². The molecular weight excluding hydrogens is 265 g/mol. The number of halogens is 3. The van der Waals surface area contributed by atoms with Crippen LogP contribution in [0.25, 0.3) is 0 Å². The summed E-state index contributed by atoms with van der Waals surface area (Å²) >= 11 is 0. The van der Waals surface area contributed by atoms with Crippen molar-refractivity contribution in [3.8, 4) is 0 Å². The van der Waals surface area contributed by atoms with E-state index in [1.54, 1.807) is 13.8 Å². The molecule has 0 aromatic rings. The lowest BCUT2D eigenvalue weighted by Gasteiger charge is -2.36. The van der Waals surface area contributed by atoms with Gasteiger partial charge in [-0.05, 0) is 13.8 Å². The molecule has 1 fully saturated rings. The van der Waals surface area contributed by atoms with Gasteiger partial charge in [0.25, 0.3) is 0 Å². The van der Waals surface area contributed by atoms with Gasteiger partial charge in [0, 0.05) is 13.1 Å². The van der Waals surface area contributed by atoms with Gasteiger partial charge in [-0.25, -0.2) is 0 Å². The van der Waals surface area contributed by atoms with Crippen molar-refractivity contribution in [2.45, 2.75) is 26.1 Å². The van der Waals surface area contributed by atoms with Crippen molar-refractivity contribution in [2.24, 2.45) is 0 Å². The maximum absolute atomic E-state index is 12.2. The quantitative estimate of drug-likeness (QED) is 0.710. The molecule has 0 spiro atoms. The second-order valence-electron chi connectivity index (χ2n) is 4.33. The average Bonchev–Trinajstić information content (AvgIpc) is 2.29. The molecule has 1 saturated heterocycles. The molecule has 0 aromatic carbocycles. The first-order valence-electron chi connectivity index (χ1n) is 5.99. The highest BCUT2D eigenvalue weighted by Crippen LogP contribution is 2.18. The third-order valence-corrected chi connectivity index (χ3v) is 2.89. The summed E-state index contributed by atoms with van der Waals surface area (Å²) in [6.07, 6.45) is -4.40. The molecule has 1 rings (SSSR count). The Kier molecular flexibility index (Phi) is 5.16. The number of esters is 1. The van der Waals surface area contributed by atoms with Gasteiger partial charge in [-0.15, -0.1) is 0 Å². The van der Waals surface area contributed by atoms with Crippen LogP contribution in [0.4, 0.5) is 13.2 Å². The molecule has 1 amide bonds. The first-order chi connectivity index (χ1) is 8.74. The topological polar surface area (TPSA) is 49.9 Å². The predicted molar refractivity (Wildman–Crippen MR) is 60.3 cm³/mol. The van der Waals surface area contributed by atoms with Gasteiger partial charge in [-0.1, -0.05) is 0 Å². The van der Waals surface area contributed by atoms with E-state index in [1.165, 1.54) is 4.90 Å². The highest BCUT2D eigenvalue weighted by Gasteiger charge is 2.37. The van der Waals surface area contributed by atoms with Crippen LogP contribution in [0, 0.1) is 0 Å². The smallest absolute Gasteiger partial charge is 0.406 e. The van der Waals surface area contributed by atoms with E-state index in [4.69, 9.17) is 4.74 Å². The SMILES string of the molecule is CCOC(=O)[C@H](C)N1CCN(CC(F)(F)F)C(=O)C1. The highest BCUT2D eigenvalue weighted by atomic mass is 19.4. The van der Waals surface area contributed by atoms with Gasteiger partial charge in [0.2, 0.25) is 5.91 Å². The molecule has 5 nitrogen and oxygen atoms in total. The zero-order chi connectivity index (χ0) is 14.6. The van der Waals surface area contributed by atoms with E-state index in [0.29, 0.717) is 0 Å². The van der Waals surface area contributed by atoms with Crippen LogP contribution < -0.4 is 0 Å². The molecule has 0 saturated carbocycles. The maximum Gasteiger partial charge on any atom is 0.406 e. The van der Waals surface area contributed by atoms with Crippen molar-refractivity contribution < 1.29 is 27.5 Å². The molecular formula is C11H17F3N2O3. The number of rotatable bonds is 4. The molecule has 0 unspecified atom stereocenters. The van der Waals surface area contributed by atoms with E-state index >= 15 is 0 Å². The molecule has 8 heteroatoms. The monoisotopic (exact) mass is 282 g/mol. The Labute approximate surface area is 109 Å². The Morgan fingerprint density at radius 1 is 1.42 bits per heavy atom. The Morgan fingerprint density at radius 3 is 2.53 bits per heavy atom. The fraction of sp³-hybridized carbons (Fsp3) is 0.818. The average molecular weight is 282 g/mol. The van der Waals surface area contributed by atoms with Gasteiger partial charge in [-0.2, -0.15) is 13.2 Å². The molecule has 1 aliphatic heterocycles. The van der Waals surface area contributed by atoms with Crippen LogP contribution in [0.1, 0.15) is 13.8 Å². The van der Waals surface area contributed by atoms with Crippen LogP contribution >= 0.6 is 0 Å². The molecule has 110 valence electrons. The Balaban J connectivity index is 2.54. The highest BCUT2D eigenvalue weighted by molar-refractivity contribution is 5.81. The third kappa shape index (κ3) is 4.70. The number of amides is 1. The minimum absolute atomic E-state index is 0.0396. The van der Waals surface area contributed by atoms with Crippen LogP contribution in [0.2, 0.25) is 0 Å². The summed E-state index contributed by atoms with van der Waals surface area (Å²) in [7, 11) is 0. The fourth-order valence-electron chi connectivity index (χ4n) is 1.85. The number of hydrogen-bond donors (Lipinski definition) is 0. The van der Waals surface area contributed by atoms with Gasteiger partial charge in [0.15, 0.2) is 0 Å². The molecule has 0 bridgehead atoms. The zero-order valence-corrected chi connectivity index (χ0v) is 10.9. The van der Waals surface area contributed by atoms with E-state index in [-0.39, 0.29) is 26.2 Å². The first kappa shape index (κ1) is 15.7. The molecule has 0 aromatic heterocycles. The van der Waals surface area contributed by atoms with Gasteiger partial charge in [-0.3, -0.25) is 14.5 Å². The van der Waals surface area contributed by atoms with E-state index in [2.05, 4.69) is 0 Å². The molecule has 19 heavy (non-hydrogen) atoms. The summed E-state index contributed by atoms with van der Waals surface area (Å²) in [5.74, 6) is -1.10. The number of hydrogen-bond acceptors (Lipinski definition) is 4. The number of alkyl halides is 3. The number of piperazine rings is 1. The second kappa shape index (κ2) is 6.23. The van der Waals surface area contributed by atoms with Crippen LogP contribution in [0.15, 0.2) is 0 Å². The molecule has 1 aliphatic rings. The number of nitrogens with zero attached hydrogens (tertiary/aromatic N) is 2. The van der Waals surface area contributed by atoms with E-state index in [1.807, 2.05) is 0 Å². The zero-order valence-electron chi connectivity index (χ0n) is 10.9. The number of ether oxygens (including phenoxy) is 1.